The summed E-state index contributed by atoms with van der Waals surface area (Å²) in [5.41, 5.74) is 17.1. The number of aliphatic imine (C=N–C) groups is 1. The smallest absolute Gasteiger partial charge is 0.0702 e. The number of hydrogen-bond donors (Lipinski definition) is 2. The molecule has 1 aromatic carbocycles. The number of allylic oxidation sites excluding steroid dienone is 1. The molecule has 2 heterocycles. The minimum absolute atomic E-state index is 0.557. The first kappa shape index (κ1) is 16.4. The van der Waals surface area contributed by atoms with Gasteiger partial charge in [-0.3, -0.25) is 15.0 Å². The zero-order chi connectivity index (χ0) is 17.5. The maximum Gasteiger partial charge on any atom is 0.0702 e. The van der Waals surface area contributed by atoms with Crippen molar-refractivity contribution in [2.45, 2.75) is 6.54 Å². The Morgan fingerprint density at radius 2 is 2.00 bits per heavy atom. The van der Waals surface area contributed by atoms with E-state index in [1.54, 1.807) is 30.9 Å². The molecule has 3 rings (SSSR count). The van der Waals surface area contributed by atoms with E-state index >= 15 is 0 Å². The Kier molecular flexibility index (Phi) is 5.16. The second-order valence-electron chi connectivity index (χ2n) is 5.49. The van der Waals surface area contributed by atoms with Crippen molar-refractivity contribution in [1.82, 2.24) is 9.97 Å². The van der Waals surface area contributed by atoms with E-state index in [1.165, 1.54) is 0 Å². The van der Waals surface area contributed by atoms with Crippen LogP contribution in [0.25, 0.3) is 17.0 Å². The first-order chi connectivity index (χ1) is 12.2. The van der Waals surface area contributed by atoms with Crippen LogP contribution in [-0.4, -0.2) is 16.2 Å². The Morgan fingerprint density at radius 1 is 1.08 bits per heavy atom. The maximum absolute atomic E-state index is 6.18. The molecule has 0 radical (unpaired) electrons. The van der Waals surface area contributed by atoms with Crippen molar-refractivity contribution in [3.05, 3.63) is 84.3 Å². The van der Waals surface area contributed by atoms with Gasteiger partial charge in [0.25, 0.3) is 0 Å². The topological polar surface area (TPSA) is 90.2 Å². The molecule has 0 aliphatic heterocycles. The number of nitrogen functional groups attached to an aromatic ring is 1. The van der Waals surface area contributed by atoms with Crippen molar-refractivity contribution in [3.8, 4) is 11.3 Å². The standard InChI is InChI=1S/C20H19N5/c21-18-7-6-16(20-5-1-2-10-25-20)12-17(18)19(22)8-11-24-14-15-4-3-9-23-13-15/h1-13H,14,21-22H2. The van der Waals surface area contributed by atoms with Crippen LogP contribution in [0.1, 0.15) is 11.1 Å². The van der Waals surface area contributed by atoms with Crippen LogP contribution >= 0.6 is 0 Å². The maximum atomic E-state index is 6.18. The number of nitrogens with two attached hydrogens (primary N) is 2. The fraction of sp³-hybridized carbons (Fsp3) is 0.0500. The van der Waals surface area contributed by atoms with E-state index in [0.717, 1.165) is 22.4 Å². The predicted octanol–water partition coefficient (Wildman–Crippen LogP) is 3.30. The van der Waals surface area contributed by atoms with Gasteiger partial charge >= 0.3 is 0 Å². The number of aromatic nitrogens is 2. The van der Waals surface area contributed by atoms with Gasteiger partial charge in [-0.15, -0.1) is 0 Å². The summed E-state index contributed by atoms with van der Waals surface area (Å²) in [5.74, 6) is 0. The van der Waals surface area contributed by atoms with Crippen molar-refractivity contribution in [2.24, 2.45) is 10.7 Å². The van der Waals surface area contributed by atoms with Gasteiger partial charge in [-0.1, -0.05) is 18.2 Å². The van der Waals surface area contributed by atoms with E-state index in [1.807, 2.05) is 48.5 Å². The van der Waals surface area contributed by atoms with Gasteiger partial charge in [0.2, 0.25) is 0 Å². The Labute approximate surface area is 146 Å². The molecule has 0 atom stereocenters. The summed E-state index contributed by atoms with van der Waals surface area (Å²) in [6.07, 6.45) is 8.73. The molecular weight excluding hydrogens is 310 g/mol. The van der Waals surface area contributed by atoms with Crippen molar-refractivity contribution < 1.29 is 0 Å². The van der Waals surface area contributed by atoms with Gasteiger partial charge in [0, 0.05) is 47.3 Å². The van der Waals surface area contributed by atoms with Gasteiger partial charge in [-0.2, -0.15) is 0 Å². The Morgan fingerprint density at radius 3 is 2.76 bits per heavy atom. The van der Waals surface area contributed by atoms with Gasteiger partial charge in [0.05, 0.1) is 12.2 Å². The monoisotopic (exact) mass is 329 g/mol. The third kappa shape index (κ3) is 4.29. The molecule has 0 amide bonds. The highest BCUT2D eigenvalue weighted by atomic mass is 14.7. The highest BCUT2D eigenvalue weighted by Crippen LogP contribution is 2.25. The van der Waals surface area contributed by atoms with Gasteiger partial charge in [-0.05, 0) is 42.0 Å². The number of nitrogens with zero attached hydrogens (tertiary/aromatic N) is 3. The van der Waals surface area contributed by atoms with E-state index < -0.39 is 0 Å². The summed E-state index contributed by atoms with van der Waals surface area (Å²) in [4.78, 5) is 12.8. The normalized spacial score (nSPS) is 11.8. The summed E-state index contributed by atoms with van der Waals surface area (Å²) in [7, 11) is 0. The molecule has 0 aliphatic carbocycles. The number of hydrogen-bond acceptors (Lipinski definition) is 5. The van der Waals surface area contributed by atoms with E-state index in [-0.39, 0.29) is 0 Å². The molecule has 5 heteroatoms. The van der Waals surface area contributed by atoms with Crippen molar-refractivity contribution in [3.63, 3.8) is 0 Å². The van der Waals surface area contributed by atoms with E-state index in [2.05, 4.69) is 15.0 Å². The SMILES string of the molecule is NC(=CC=NCc1cccnc1)c1cc(-c2ccccn2)ccc1N. The molecule has 4 N–H and O–H groups in total. The average Bonchev–Trinajstić information content (AvgIpc) is 2.67. The van der Waals surface area contributed by atoms with Crippen molar-refractivity contribution in [1.29, 1.82) is 0 Å². The van der Waals surface area contributed by atoms with Crippen LogP contribution in [0.5, 0.6) is 0 Å². The van der Waals surface area contributed by atoms with Crippen molar-refractivity contribution >= 4 is 17.6 Å². The summed E-state index contributed by atoms with van der Waals surface area (Å²) in [6, 6.07) is 15.4. The molecule has 0 spiro atoms. The highest BCUT2D eigenvalue weighted by molar-refractivity contribution is 5.87. The lowest BCUT2D eigenvalue weighted by molar-refractivity contribution is 1.05. The Bertz CT molecular complexity index is 886. The Balaban J connectivity index is 1.78. The van der Waals surface area contributed by atoms with Crippen LogP contribution in [0.4, 0.5) is 5.69 Å². The summed E-state index contributed by atoms with van der Waals surface area (Å²) in [6.45, 7) is 0.557. The van der Waals surface area contributed by atoms with Crippen molar-refractivity contribution in [2.75, 3.05) is 5.73 Å². The number of benzene rings is 1. The van der Waals surface area contributed by atoms with E-state index in [9.17, 15) is 0 Å². The first-order valence-corrected chi connectivity index (χ1v) is 7.90. The zero-order valence-electron chi connectivity index (χ0n) is 13.7. The average molecular weight is 329 g/mol. The minimum Gasteiger partial charge on any atom is -0.398 e. The molecule has 3 aromatic rings. The van der Waals surface area contributed by atoms with Crippen LogP contribution < -0.4 is 11.5 Å². The van der Waals surface area contributed by atoms with Gasteiger partial charge in [0.1, 0.15) is 0 Å². The molecule has 0 aliphatic rings. The van der Waals surface area contributed by atoms with Crippen LogP contribution in [-0.2, 0) is 6.54 Å². The number of rotatable bonds is 5. The first-order valence-electron chi connectivity index (χ1n) is 7.90. The number of anilines is 1. The minimum atomic E-state index is 0.557. The van der Waals surface area contributed by atoms with Gasteiger partial charge in [0.15, 0.2) is 0 Å². The summed E-state index contributed by atoms with van der Waals surface area (Å²) < 4.78 is 0. The fourth-order valence-corrected chi connectivity index (χ4v) is 2.37. The highest BCUT2D eigenvalue weighted by Gasteiger charge is 2.06. The summed E-state index contributed by atoms with van der Waals surface area (Å²) in [5, 5.41) is 0. The largest absolute Gasteiger partial charge is 0.398 e. The second kappa shape index (κ2) is 7.88. The summed E-state index contributed by atoms with van der Waals surface area (Å²) >= 11 is 0. The van der Waals surface area contributed by atoms with Crippen LogP contribution in [0.3, 0.4) is 0 Å². The molecule has 2 aromatic heterocycles. The van der Waals surface area contributed by atoms with Gasteiger partial charge in [-0.25, -0.2) is 0 Å². The lowest BCUT2D eigenvalue weighted by atomic mass is 10.0. The fourth-order valence-electron chi connectivity index (χ4n) is 2.37. The van der Waals surface area contributed by atoms with Gasteiger partial charge < -0.3 is 11.5 Å². The molecular formula is C20H19N5. The third-order valence-corrected chi connectivity index (χ3v) is 3.68. The predicted molar refractivity (Wildman–Crippen MR) is 103 cm³/mol. The third-order valence-electron chi connectivity index (χ3n) is 3.68. The molecule has 5 nitrogen and oxygen atoms in total. The Hall–Kier alpha value is -3.47. The molecule has 0 fully saturated rings. The lowest BCUT2D eigenvalue weighted by Gasteiger charge is -2.08. The van der Waals surface area contributed by atoms with Crippen LogP contribution in [0, 0.1) is 0 Å². The molecule has 0 bridgehead atoms. The molecule has 0 saturated carbocycles. The molecule has 124 valence electrons. The van der Waals surface area contributed by atoms with E-state index in [0.29, 0.717) is 17.9 Å². The zero-order valence-corrected chi connectivity index (χ0v) is 13.7. The van der Waals surface area contributed by atoms with Crippen LogP contribution in [0.2, 0.25) is 0 Å². The molecule has 0 saturated heterocycles. The second-order valence-corrected chi connectivity index (χ2v) is 5.49. The molecule has 0 unspecified atom stereocenters. The lowest BCUT2D eigenvalue weighted by Crippen LogP contribution is -2.02. The number of pyridine rings is 2. The quantitative estimate of drug-likeness (QED) is 0.555. The van der Waals surface area contributed by atoms with Crippen LogP contribution in [0.15, 0.2) is 78.2 Å². The van der Waals surface area contributed by atoms with E-state index in [4.69, 9.17) is 11.5 Å². The molecule has 25 heavy (non-hydrogen) atoms.